The zero-order valence-corrected chi connectivity index (χ0v) is 14.0. The molecule has 118 valence electrons. The lowest BCUT2D eigenvalue weighted by Gasteiger charge is -2.23. The Morgan fingerprint density at radius 3 is 2.38 bits per heavy atom. The standard InChI is InChI=1S/C19H31NO/c1-19(2,3)17-12-8-9-13-18(17)21-15-14-20-16-10-6-4-5-7-11-16/h8-9,12-13,16,20H,4-7,10-11,14-15H2,1-3H3. The van der Waals surface area contributed by atoms with Crippen molar-refractivity contribution in [2.75, 3.05) is 13.2 Å². The summed E-state index contributed by atoms with van der Waals surface area (Å²) in [6, 6.07) is 9.12. The van der Waals surface area contributed by atoms with Gasteiger partial charge in [0.1, 0.15) is 12.4 Å². The van der Waals surface area contributed by atoms with Crippen molar-refractivity contribution < 1.29 is 4.74 Å². The van der Waals surface area contributed by atoms with Crippen molar-refractivity contribution in [1.82, 2.24) is 5.32 Å². The van der Waals surface area contributed by atoms with Crippen LogP contribution in [0.3, 0.4) is 0 Å². The van der Waals surface area contributed by atoms with E-state index in [4.69, 9.17) is 4.74 Å². The zero-order valence-electron chi connectivity index (χ0n) is 14.0. The van der Waals surface area contributed by atoms with Crippen LogP contribution in [0, 0.1) is 0 Å². The molecule has 0 aliphatic heterocycles. The summed E-state index contributed by atoms with van der Waals surface area (Å²) in [7, 11) is 0. The highest BCUT2D eigenvalue weighted by Gasteiger charge is 2.18. The first-order valence-electron chi connectivity index (χ1n) is 8.53. The Bertz CT molecular complexity index is 414. The van der Waals surface area contributed by atoms with E-state index in [1.807, 2.05) is 0 Å². The highest BCUT2D eigenvalue weighted by Crippen LogP contribution is 2.30. The minimum atomic E-state index is 0.130. The van der Waals surface area contributed by atoms with Crippen LogP contribution in [-0.4, -0.2) is 19.2 Å². The molecule has 21 heavy (non-hydrogen) atoms. The van der Waals surface area contributed by atoms with E-state index in [0.717, 1.165) is 18.9 Å². The fourth-order valence-corrected chi connectivity index (χ4v) is 3.12. The van der Waals surface area contributed by atoms with E-state index in [1.165, 1.54) is 44.1 Å². The largest absolute Gasteiger partial charge is 0.492 e. The highest BCUT2D eigenvalue weighted by atomic mass is 16.5. The summed E-state index contributed by atoms with van der Waals surface area (Å²) in [5.41, 5.74) is 1.42. The van der Waals surface area contributed by atoms with Gasteiger partial charge in [0.25, 0.3) is 0 Å². The SMILES string of the molecule is CC(C)(C)c1ccccc1OCCNC1CCCCCC1. The molecule has 0 bridgehead atoms. The van der Waals surface area contributed by atoms with E-state index in [1.54, 1.807) is 0 Å². The van der Waals surface area contributed by atoms with E-state index in [2.05, 4.69) is 50.4 Å². The molecular weight excluding hydrogens is 258 g/mol. The molecule has 0 unspecified atom stereocenters. The molecular formula is C19H31NO. The molecule has 0 spiro atoms. The van der Waals surface area contributed by atoms with Crippen LogP contribution in [0.5, 0.6) is 5.75 Å². The van der Waals surface area contributed by atoms with Gasteiger partial charge in [-0.3, -0.25) is 0 Å². The van der Waals surface area contributed by atoms with Crippen molar-refractivity contribution >= 4 is 0 Å². The van der Waals surface area contributed by atoms with Crippen molar-refractivity contribution in [3.63, 3.8) is 0 Å². The number of nitrogens with one attached hydrogen (secondary N) is 1. The van der Waals surface area contributed by atoms with Crippen LogP contribution in [0.2, 0.25) is 0 Å². The number of benzene rings is 1. The lowest BCUT2D eigenvalue weighted by molar-refractivity contribution is 0.293. The molecule has 1 aromatic carbocycles. The molecule has 0 saturated heterocycles. The lowest BCUT2D eigenvalue weighted by Crippen LogP contribution is -2.32. The summed E-state index contributed by atoms with van der Waals surface area (Å²) < 4.78 is 6.02. The molecule has 1 aliphatic carbocycles. The second kappa shape index (κ2) is 7.84. The van der Waals surface area contributed by atoms with E-state index in [-0.39, 0.29) is 5.41 Å². The first-order valence-corrected chi connectivity index (χ1v) is 8.53. The Morgan fingerprint density at radius 2 is 1.71 bits per heavy atom. The first kappa shape index (κ1) is 16.4. The van der Waals surface area contributed by atoms with Gasteiger partial charge in [0.05, 0.1) is 0 Å². The molecule has 1 aliphatic rings. The molecule has 0 heterocycles. The number of hydrogen-bond donors (Lipinski definition) is 1. The summed E-state index contributed by atoms with van der Waals surface area (Å²) in [5.74, 6) is 1.03. The highest BCUT2D eigenvalue weighted by molar-refractivity contribution is 5.38. The molecule has 1 N–H and O–H groups in total. The third-order valence-corrected chi connectivity index (χ3v) is 4.34. The maximum absolute atomic E-state index is 6.02. The molecule has 0 amide bonds. The third kappa shape index (κ3) is 5.35. The van der Waals surface area contributed by atoms with Gasteiger partial charge in [-0.2, -0.15) is 0 Å². The average Bonchev–Trinajstić information content (AvgIpc) is 2.72. The smallest absolute Gasteiger partial charge is 0.123 e. The first-order chi connectivity index (χ1) is 10.1. The van der Waals surface area contributed by atoms with Gasteiger partial charge in [0.2, 0.25) is 0 Å². The molecule has 1 fully saturated rings. The minimum Gasteiger partial charge on any atom is -0.492 e. The quantitative estimate of drug-likeness (QED) is 0.628. The third-order valence-electron chi connectivity index (χ3n) is 4.34. The molecule has 0 radical (unpaired) electrons. The molecule has 2 nitrogen and oxygen atoms in total. The van der Waals surface area contributed by atoms with Crippen LogP contribution in [0.25, 0.3) is 0 Å². The van der Waals surface area contributed by atoms with Gasteiger partial charge in [0, 0.05) is 12.6 Å². The van der Waals surface area contributed by atoms with Crippen molar-refractivity contribution in [3.8, 4) is 5.75 Å². The number of para-hydroxylation sites is 1. The Balaban J connectivity index is 1.78. The van der Waals surface area contributed by atoms with Gasteiger partial charge in [-0.1, -0.05) is 64.7 Å². The van der Waals surface area contributed by atoms with Gasteiger partial charge in [0.15, 0.2) is 0 Å². The van der Waals surface area contributed by atoms with Gasteiger partial charge in [-0.05, 0) is 29.9 Å². The molecule has 2 rings (SSSR count). The predicted molar refractivity (Wildman–Crippen MR) is 90.1 cm³/mol. The van der Waals surface area contributed by atoms with Crippen molar-refractivity contribution in [1.29, 1.82) is 0 Å². The van der Waals surface area contributed by atoms with E-state index in [9.17, 15) is 0 Å². The van der Waals surface area contributed by atoms with Crippen LogP contribution in [-0.2, 0) is 5.41 Å². The van der Waals surface area contributed by atoms with Crippen LogP contribution >= 0.6 is 0 Å². The van der Waals surface area contributed by atoms with Crippen LogP contribution in [0.1, 0.15) is 64.9 Å². The van der Waals surface area contributed by atoms with E-state index < -0.39 is 0 Å². The Kier molecular flexibility index (Phi) is 6.10. The summed E-state index contributed by atoms with van der Waals surface area (Å²) >= 11 is 0. The van der Waals surface area contributed by atoms with Crippen molar-refractivity contribution in [2.45, 2.75) is 70.8 Å². The number of hydrogen-bond acceptors (Lipinski definition) is 2. The molecule has 1 aromatic rings. The van der Waals surface area contributed by atoms with Crippen LogP contribution in [0.4, 0.5) is 0 Å². The summed E-state index contributed by atoms with van der Waals surface area (Å²) in [6.45, 7) is 8.41. The zero-order chi connectivity index (χ0) is 15.1. The summed E-state index contributed by atoms with van der Waals surface area (Å²) in [6.07, 6.45) is 8.25. The fourth-order valence-electron chi connectivity index (χ4n) is 3.12. The molecule has 1 saturated carbocycles. The Labute approximate surface area is 130 Å². The maximum Gasteiger partial charge on any atom is 0.123 e. The average molecular weight is 289 g/mol. The Hall–Kier alpha value is -1.02. The van der Waals surface area contributed by atoms with Gasteiger partial charge < -0.3 is 10.1 Å². The van der Waals surface area contributed by atoms with Gasteiger partial charge >= 0.3 is 0 Å². The summed E-state index contributed by atoms with van der Waals surface area (Å²) in [5, 5.41) is 3.67. The van der Waals surface area contributed by atoms with E-state index in [0.29, 0.717) is 6.04 Å². The second-order valence-corrected chi connectivity index (χ2v) is 7.24. The number of rotatable bonds is 5. The van der Waals surface area contributed by atoms with Crippen LogP contribution in [0.15, 0.2) is 24.3 Å². The van der Waals surface area contributed by atoms with Crippen molar-refractivity contribution in [3.05, 3.63) is 29.8 Å². The van der Waals surface area contributed by atoms with Crippen LogP contribution < -0.4 is 10.1 Å². The minimum absolute atomic E-state index is 0.130. The topological polar surface area (TPSA) is 21.3 Å². The number of ether oxygens (including phenoxy) is 1. The molecule has 2 heteroatoms. The monoisotopic (exact) mass is 289 g/mol. The van der Waals surface area contributed by atoms with Gasteiger partial charge in [-0.25, -0.2) is 0 Å². The Morgan fingerprint density at radius 1 is 1.05 bits per heavy atom. The molecule has 0 aromatic heterocycles. The van der Waals surface area contributed by atoms with Gasteiger partial charge in [-0.15, -0.1) is 0 Å². The predicted octanol–water partition coefficient (Wildman–Crippen LogP) is 4.68. The fraction of sp³-hybridized carbons (Fsp3) is 0.684. The summed E-state index contributed by atoms with van der Waals surface area (Å²) in [4.78, 5) is 0. The van der Waals surface area contributed by atoms with Crippen molar-refractivity contribution in [2.24, 2.45) is 0 Å². The lowest BCUT2D eigenvalue weighted by atomic mass is 9.86. The van der Waals surface area contributed by atoms with E-state index >= 15 is 0 Å². The second-order valence-electron chi connectivity index (χ2n) is 7.24. The molecule has 0 atom stereocenters. The normalized spacial score (nSPS) is 17.5. The maximum atomic E-state index is 6.02.